The van der Waals surface area contributed by atoms with Gasteiger partial charge in [0, 0.05) is 0 Å². The Morgan fingerprint density at radius 3 is 2.56 bits per heavy atom. The number of aromatic nitrogens is 1. The number of amides is 1. The van der Waals surface area contributed by atoms with E-state index >= 15 is 0 Å². The van der Waals surface area contributed by atoms with Crippen molar-refractivity contribution in [1.29, 1.82) is 0 Å². The Morgan fingerprint density at radius 1 is 1.10 bits per heavy atom. The molecule has 2 heterocycles. The number of hydrogen-bond donors (Lipinski definition) is 1. The molecule has 2 aromatic carbocycles. The summed E-state index contributed by atoms with van der Waals surface area (Å²) in [4.78, 5) is 45.3. The first-order valence-corrected chi connectivity index (χ1v) is 12.8. The van der Waals surface area contributed by atoms with Crippen LogP contribution in [0.3, 0.4) is 0 Å². The van der Waals surface area contributed by atoms with Gasteiger partial charge in [0.2, 0.25) is 0 Å². The molecular formula is C30H26N2O6S. The molecule has 1 aliphatic rings. The fourth-order valence-corrected chi connectivity index (χ4v) is 4.99. The highest BCUT2D eigenvalue weighted by molar-refractivity contribution is 7.17. The van der Waals surface area contributed by atoms with Gasteiger partial charge in [-0.25, -0.2) is 9.78 Å². The second kappa shape index (κ2) is 12.2. The lowest BCUT2D eigenvalue weighted by molar-refractivity contribution is -0.117. The molecule has 39 heavy (non-hydrogen) atoms. The zero-order chi connectivity index (χ0) is 27.9. The Kier molecular flexibility index (Phi) is 8.53. The summed E-state index contributed by atoms with van der Waals surface area (Å²) in [6.07, 6.45) is 5.96. The third-order valence-electron chi connectivity index (χ3n) is 5.75. The van der Waals surface area contributed by atoms with Crippen molar-refractivity contribution in [2.75, 3.05) is 18.1 Å². The first-order chi connectivity index (χ1) is 18.8. The third-order valence-corrected chi connectivity index (χ3v) is 6.89. The van der Waals surface area contributed by atoms with Crippen molar-refractivity contribution in [3.05, 3.63) is 119 Å². The Labute approximate surface area is 229 Å². The Bertz CT molecular complexity index is 1490. The maximum absolute atomic E-state index is 13.5. The number of ether oxygens (including phenoxy) is 2. The zero-order valence-electron chi connectivity index (χ0n) is 21.2. The highest BCUT2D eigenvalue weighted by Crippen LogP contribution is 2.43. The number of aliphatic hydroxyl groups excluding tert-OH is 1. The van der Waals surface area contributed by atoms with Crippen LogP contribution in [0.2, 0.25) is 0 Å². The van der Waals surface area contributed by atoms with Gasteiger partial charge in [-0.2, -0.15) is 0 Å². The summed E-state index contributed by atoms with van der Waals surface area (Å²) in [5.41, 5.74) is 1.52. The van der Waals surface area contributed by atoms with Crippen LogP contribution in [0.15, 0.2) is 97.3 Å². The van der Waals surface area contributed by atoms with Crippen molar-refractivity contribution in [3.8, 4) is 5.75 Å². The quantitative estimate of drug-likeness (QED) is 0.193. The molecule has 0 saturated carbocycles. The van der Waals surface area contributed by atoms with Crippen LogP contribution < -0.4 is 9.64 Å². The SMILES string of the molecule is C=CCOC(=O)c1sc(N2C(=O)C(O)=C(C(=O)C=Cc3ccccc3)C2c2cccc(OCC=C)c2)nc1C. The molecule has 0 saturated heterocycles. The standard InChI is InChI=1S/C30H26N2O6S/c1-4-16-37-22-13-9-12-21(18-22)25-24(23(33)15-14-20-10-7-6-8-11-20)26(34)28(35)32(25)30-31-19(3)27(39-30)29(36)38-17-5-2/h4-15,18,25,34H,1-2,16-17H2,3H3. The summed E-state index contributed by atoms with van der Waals surface area (Å²) < 4.78 is 10.8. The summed E-state index contributed by atoms with van der Waals surface area (Å²) in [7, 11) is 0. The summed E-state index contributed by atoms with van der Waals surface area (Å²) in [5, 5.41) is 11.1. The fourth-order valence-electron chi connectivity index (χ4n) is 4.00. The van der Waals surface area contributed by atoms with Crippen LogP contribution in [0.4, 0.5) is 5.13 Å². The Morgan fingerprint density at radius 2 is 1.85 bits per heavy atom. The molecule has 0 fully saturated rings. The molecule has 0 spiro atoms. The van der Waals surface area contributed by atoms with Gasteiger partial charge in [0.05, 0.1) is 17.3 Å². The molecule has 198 valence electrons. The molecule has 1 N–H and O–H groups in total. The molecule has 1 amide bonds. The molecule has 0 radical (unpaired) electrons. The summed E-state index contributed by atoms with van der Waals surface area (Å²) in [6, 6.07) is 15.0. The molecule has 1 atom stereocenters. The fraction of sp³-hybridized carbons (Fsp3) is 0.133. The number of esters is 1. The van der Waals surface area contributed by atoms with Crippen LogP contribution in [-0.2, 0) is 14.3 Å². The number of ketones is 1. The number of nitrogens with zero attached hydrogens (tertiary/aromatic N) is 2. The van der Waals surface area contributed by atoms with Crippen molar-refractivity contribution in [1.82, 2.24) is 4.98 Å². The first kappa shape index (κ1) is 27.3. The van der Waals surface area contributed by atoms with E-state index in [1.165, 1.54) is 17.1 Å². The minimum absolute atomic E-state index is 0.0169. The average Bonchev–Trinajstić information content (AvgIpc) is 3.46. The van der Waals surface area contributed by atoms with Crippen molar-refractivity contribution >= 4 is 40.2 Å². The number of aliphatic hydroxyl groups is 1. The van der Waals surface area contributed by atoms with Crippen molar-refractivity contribution in [3.63, 3.8) is 0 Å². The van der Waals surface area contributed by atoms with E-state index in [2.05, 4.69) is 18.1 Å². The maximum Gasteiger partial charge on any atom is 0.350 e. The molecular weight excluding hydrogens is 516 g/mol. The van der Waals surface area contributed by atoms with Gasteiger partial charge in [0.1, 0.15) is 23.8 Å². The van der Waals surface area contributed by atoms with E-state index in [9.17, 15) is 19.5 Å². The van der Waals surface area contributed by atoms with E-state index in [0.717, 1.165) is 16.9 Å². The zero-order valence-corrected chi connectivity index (χ0v) is 22.0. The van der Waals surface area contributed by atoms with Crippen LogP contribution >= 0.6 is 11.3 Å². The van der Waals surface area contributed by atoms with Gasteiger partial charge in [0.25, 0.3) is 5.91 Å². The highest BCUT2D eigenvalue weighted by Gasteiger charge is 2.45. The Balaban J connectivity index is 1.79. The van der Waals surface area contributed by atoms with Crippen molar-refractivity contribution in [2.24, 2.45) is 0 Å². The van der Waals surface area contributed by atoms with E-state index in [1.807, 2.05) is 30.3 Å². The number of carbonyl (C=O) groups is 3. The lowest BCUT2D eigenvalue weighted by Crippen LogP contribution is -2.30. The first-order valence-electron chi connectivity index (χ1n) is 12.0. The Hall–Kier alpha value is -4.76. The number of benzene rings is 2. The smallest absolute Gasteiger partial charge is 0.350 e. The highest BCUT2D eigenvalue weighted by atomic mass is 32.1. The molecule has 0 bridgehead atoms. The van der Waals surface area contributed by atoms with Crippen LogP contribution in [0.1, 0.15) is 32.5 Å². The molecule has 8 nitrogen and oxygen atoms in total. The van der Waals surface area contributed by atoms with Gasteiger partial charge >= 0.3 is 5.97 Å². The number of aryl methyl sites for hydroxylation is 1. The number of rotatable bonds is 11. The van der Waals surface area contributed by atoms with E-state index in [4.69, 9.17) is 9.47 Å². The van der Waals surface area contributed by atoms with E-state index < -0.39 is 29.5 Å². The van der Waals surface area contributed by atoms with E-state index in [1.54, 1.807) is 43.3 Å². The normalized spacial score (nSPS) is 15.1. The van der Waals surface area contributed by atoms with Gasteiger partial charge < -0.3 is 14.6 Å². The number of anilines is 1. The average molecular weight is 543 g/mol. The van der Waals surface area contributed by atoms with Gasteiger partial charge in [-0.3, -0.25) is 14.5 Å². The molecule has 1 unspecified atom stereocenters. The lowest BCUT2D eigenvalue weighted by Gasteiger charge is -2.24. The predicted octanol–water partition coefficient (Wildman–Crippen LogP) is 5.54. The molecule has 0 aliphatic carbocycles. The second-order valence-electron chi connectivity index (χ2n) is 8.42. The molecule has 3 aromatic rings. The van der Waals surface area contributed by atoms with Gasteiger partial charge in [0.15, 0.2) is 16.7 Å². The number of allylic oxidation sites excluding steroid dienone is 1. The van der Waals surface area contributed by atoms with Gasteiger partial charge in [-0.1, -0.05) is 85.2 Å². The van der Waals surface area contributed by atoms with Crippen molar-refractivity contribution in [2.45, 2.75) is 13.0 Å². The number of hydrogen-bond acceptors (Lipinski definition) is 8. The third kappa shape index (κ3) is 5.89. The molecule has 9 heteroatoms. The van der Waals surface area contributed by atoms with Crippen LogP contribution in [0.25, 0.3) is 6.08 Å². The summed E-state index contributed by atoms with van der Waals surface area (Å²) in [5.74, 6) is -2.17. The minimum Gasteiger partial charge on any atom is -0.503 e. The van der Waals surface area contributed by atoms with Crippen molar-refractivity contribution < 1.29 is 29.0 Å². The van der Waals surface area contributed by atoms with Crippen LogP contribution in [-0.4, -0.2) is 41.0 Å². The maximum atomic E-state index is 13.5. The molecule has 1 aromatic heterocycles. The number of thiazole rings is 1. The summed E-state index contributed by atoms with van der Waals surface area (Å²) in [6.45, 7) is 9.07. The summed E-state index contributed by atoms with van der Waals surface area (Å²) >= 11 is 0.935. The molecule has 1 aliphatic heterocycles. The lowest BCUT2D eigenvalue weighted by atomic mass is 9.95. The predicted molar refractivity (Wildman–Crippen MR) is 150 cm³/mol. The topological polar surface area (TPSA) is 106 Å². The monoisotopic (exact) mass is 542 g/mol. The van der Waals surface area contributed by atoms with Crippen LogP contribution in [0.5, 0.6) is 5.75 Å². The van der Waals surface area contributed by atoms with Gasteiger partial charge in [-0.15, -0.1) is 0 Å². The second-order valence-corrected chi connectivity index (χ2v) is 9.40. The number of carbonyl (C=O) groups excluding carboxylic acids is 3. The minimum atomic E-state index is -1.03. The molecule has 4 rings (SSSR count). The van der Waals surface area contributed by atoms with Gasteiger partial charge in [-0.05, 0) is 36.3 Å². The van der Waals surface area contributed by atoms with Crippen LogP contribution in [0, 0.1) is 6.92 Å². The van der Waals surface area contributed by atoms with E-state index in [-0.39, 0.29) is 28.8 Å². The largest absolute Gasteiger partial charge is 0.503 e. The van der Waals surface area contributed by atoms with E-state index in [0.29, 0.717) is 17.0 Å².